The molecule has 0 unspecified atom stereocenters. The maximum atomic E-state index is 12.0. The number of hydrogen-bond donors (Lipinski definition) is 2. The molecule has 0 aliphatic heterocycles. The summed E-state index contributed by atoms with van der Waals surface area (Å²) in [5.41, 5.74) is 3.67. The fraction of sp³-hybridized carbons (Fsp3) is 0.235. The Balaban J connectivity index is 1.97. The molecule has 0 fully saturated rings. The Morgan fingerprint density at radius 1 is 1.00 bits per heavy atom. The van der Waals surface area contributed by atoms with E-state index in [0.717, 1.165) is 23.1 Å². The van der Waals surface area contributed by atoms with Crippen LogP contribution in [-0.2, 0) is 14.6 Å². The van der Waals surface area contributed by atoms with E-state index >= 15 is 0 Å². The molecule has 2 rings (SSSR count). The molecule has 2 aromatic carbocycles. The molecular weight excluding hydrogens is 312 g/mol. The normalized spacial score (nSPS) is 11.1. The first-order valence-electron chi connectivity index (χ1n) is 7.17. The van der Waals surface area contributed by atoms with Gasteiger partial charge in [-0.2, -0.15) is 0 Å². The third kappa shape index (κ3) is 4.56. The Hall–Kier alpha value is -2.34. The molecule has 122 valence electrons. The van der Waals surface area contributed by atoms with Crippen LogP contribution in [0.15, 0.2) is 47.4 Å². The van der Waals surface area contributed by atoms with Gasteiger partial charge in [-0.05, 0) is 49.2 Å². The third-order valence-electron chi connectivity index (χ3n) is 3.47. The van der Waals surface area contributed by atoms with Crippen LogP contribution in [0.25, 0.3) is 0 Å². The van der Waals surface area contributed by atoms with Crippen molar-refractivity contribution >= 4 is 27.1 Å². The first-order valence-corrected chi connectivity index (χ1v) is 9.06. The molecule has 23 heavy (non-hydrogen) atoms. The van der Waals surface area contributed by atoms with Crippen LogP contribution in [0.5, 0.6) is 0 Å². The van der Waals surface area contributed by atoms with Crippen molar-refractivity contribution in [2.75, 3.05) is 23.4 Å². The molecule has 0 heterocycles. The van der Waals surface area contributed by atoms with Gasteiger partial charge in [0.1, 0.15) is 0 Å². The lowest BCUT2D eigenvalue weighted by atomic mass is 10.1. The van der Waals surface area contributed by atoms with Gasteiger partial charge in [-0.3, -0.25) is 4.79 Å². The minimum atomic E-state index is -3.23. The van der Waals surface area contributed by atoms with Crippen LogP contribution < -0.4 is 10.6 Å². The summed E-state index contributed by atoms with van der Waals surface area (Å²) < 4.78 is 22.8. The molecule has 6 heteroatoms. The van der Waals surface area contributed by atoms with Crippen LogP contribution in [0.4, 0.5) is 11.4 Å². The van der Waals surface area contributed by atoms with Crippen molar-refractivity contribution in [3.8, 4) is 0 Å². The lowest BCUT2D eigenvalue weighted by Crippen LogP contribution is -2.22. The lowest BCUT2D eigenvalue weighted by molar-refractivity contribution is -0.114. The van der Waals surface area contributed by atoms with Gasteiger partial charge in [0.05, 0.1) is 11.4 Å². The number of carbonyl (C=O) groups is 1. The van der Waals surface area contributed by atoms with E-state index in [1.165, 1.54) is 12.1 Å². The van der Waals surface area contributed by atoms with Crippen molar-refractivity contribution in [3.63, 3.8) is 0 Å². The summed E-state index contributed by atoms with van der Waals surface area (Å²) in [7, 11) is -3.23. The number of anilines is 2. The Bertz CT molecular complexity index is 792. The molecule has 0 aromatic heterocycles. The maximum absolute atomic E-state index is 12.0. The van der Waals surface area contributed by atoms with Gasteiger partial charge in [0, 0.05) is 17.6 Å². The zero-order valence-electron chi connectivity index (χ0n) is 13.4. The average Bonchev–Trinajstić information content (AvgIpc) is 2.46. The van der Waals surface area contributed by atoms with Gasteiger partial charge in [-0.15, -0.1) is 0 Å². The third-order valence-corrected chi connectivity index (χ3v) is 4.60. The molecule has 5 nitrogen and oxygen atoms in total. The summed E-state index contributed by atoms with van der Waals surface area (Å²) in [6, 6.07) is 12.0. The molecule has 2 N–H and O–H groups in total. The highest BCUT2D eigenvalue weighted by molar-refractivity contribution is 7.90. The molecule has 0 radical (unpaired) electrons. The summed E-state index contributed by atoms with van der Waals surface area (Å²) in [6.45, 7) is 4.10. The fourth-order valence-corrected chi connectivity index (χ4v) is 2.88. The van der Waals surface area contributed by atoms with Crippen molar-refractivity contribution in [1.82, 2.24) is 0 Å². The second-order valence-corrected chi connectivity index (χ2v) is 7.48. The molecule has 0 saturated heterocycles. The standard InChI is InChI=1S/C17H20N2O3S/c1-12-5-4-6-13(2)17(12)18-11-16(20)19-14-7-9-15(10-8-14)23(3,21)22/h4-10,18H,11H2,1-3H3,(H,19,20). The Morgan fingerprint density at radius 2 is 1.57 bits per heavy atom. The van der Waals surface area contributed by atoms with E-state index in [4.69, 9.17) is 0 Å². The zero-order chi connectivity index (χ0) is 17.0. The summed E-state index contributed by atoms with van der Waals surface area (Å²) >= 11 is 0. The van der Waals surface area contributed by atoms with E-state index in [1.54, 1.807) is 12.1 Å². The topological polar surface area (TPSA) is 75.3 Å². The molecule has 0 bridgehead atoms. The van der Waals surface area contributed by atoms with E-state index in [0.29, 0.717) is 5.69 Å². The van der Waals surface area contributed by atoms with Crippen molar-refractivity contribution < 1.29 is 13.2 Å². The number of amides is 1. The second kappa shape index (κ2) is 6.83. The van der Waals surface area contributed by atoms with Crippen molar-refractivity contribution in [3.05, 3.63) is 53.6 Å². The number of para-hydroxylation sites is 1. The van der Waals surface area contributed by atoms with Gasteiger partial charge in [-0.25, -0.2) is 8.42 Å². The highest BCUT2D eigenvalue weighted by Gasteiger charge is 2.08. The Morgan fingerprint density at radius 3 is 2.09 bits per heavy atom. The largest absolute Gasteiger partial charge is 0.376 e. The number of benzene rings is 2. The summed E-state index contributed by atoms with van der Waals surface area (Å²) in [6.07, 6.45) is 1.15. The van der Waals surface area contributed by atoms with Crippen LogP contribution in [0.1, 0.15) is 11.1 Å². The number of rotatable bonds is 5. The van der Waals surface area contributed by atoms with Gasteiger partial charge in [0.15, 0.2) is 9.84 Å². The van der Waals surface area contributed by atoms with Gasteiger partial charge in [0.25, 0.3) is 0 Å². The van der Waals surface area contributed by atoms with E-state index in [1.807, 2.05) is 32.0 Å². The Kier molecular flexibility index (Phi) is 5.05. The number of aryl methyl sites for hydroxylation is 2. The molecule has 0 aliphatic rings. The fourth-order valence-electron chi connectivity index (χ4n) is 2.25. The molecule has 0 saturated carbocycles. The van der Waals surface area contributed by atoms with E-state index in [9.17, 15) is 13.2 Å². The molecule has 2 aromatic rings. The zero-order valence-corrected chi connectivity index (χ0v) is 14.2. The summed E-state index contributed by atoms with van der Waals surface area (Å²) in [5.74, 6) is -0.195. The van der Waals surface area contributed by atoms with Gasteiger partial charge in [-0.1, -0.05) is 18.2 Å². The van der Waals surface area contributed by atoms with Crippen LogP contribution in [-0.4, -0.2) is 27.1 Å². The molecule has 0 atom stereocenters. The van der Waals surface area contributed by atoms with Crippen LogP contribution in [0, 0.1) is 13.8 Å². The number of carbonyl (C=O) groups excluding carboxylic acids is 1. The van der Waals surface area contributed by atoms with E-state index in [-0.39, 0.29) is 17.3 Å². The molecule has 0 spiro atoms. The summed E-state index contributed by atoms with van der Waals surface area (Å²) in [5, 5.41) is 5.86. The minimum Gasteiger partial charge on any atom is -0.376 e. The molecule has 0 aliphatic carbocycles. The lowest BCUT2D eigenvalue weighted by Gasteiger charge is -2.12. The second-order valence-electron chi connectivity index (χ2n) is 5.47. The first-order chi connectivity index (χ1) is 10.8. The van der Waals surface area contributed by atoms with E-state index in [2.05, 4.69) is 10.6 Å². The predicted octanol–water partition coefficient (Wildman–Crippen LogP) is 2.76. The number of hydrogen-bond acceptors (Lipinski definition) is 4. The Labute approximate surface area is 136 Å². The predicted molar refractivity (Wildman–Crippen MR) is 92.6 cm³/mol. The summed E-state index contributed by atoms with van der Waals surface area (Å²) in [4.78, 5) is 12.2. The SMILES string of the molecule is Cc1cccc(C)c1NCC(=O)Nc1ccc(S(C)(=O)=O)cc1. The number of nitrogens with one attached hydrogen (secondary N) is 2. The average molecular weight is 332 g/mol. The van der Waals surface area contributed by atoms with Crippen molar-refractivity contribution in [1.29, 1.82) is 0 Å². The quantitative estimate of drug-likeness (QED) is 0.883. The maximum Gasteiger partial charge on any atom is 0.243 e. The van der Waals surface area contributed by atoms with Crippen LogP contribution in [0.2, 0.25) is 0 Å². The number of sulfone groups is 1. The first kappa shape index (κ1) is 17.0. The van der Waals surface area contributed by atoms with Crippen LogP contribution >= 0.6 is 0 Å². The highest BCUT2D eigenvalue weighted by atomic mass is 32.2. The van der Waals surface area contributed by atoms with Gasteiger partial charge >= 0.3 is 0 Å². The monoisotopic (exact) mass is 332 g/mol. The van der Waals surface area contributed by atoms with Crippen LogP contribution in [0.3, 0.4) is 0 Å². The van der Waals surface area contributed by atoms with Gasteiger partial charge in [0.2, 0.25) is 5.91 Å². The minimum absolute atomic E-state index is 0.138. The van der Waals surface area contributed by atoms with Gasteiger partial charge < -0.3 is 10.6 Å². The van der Waals surface area contributed by atoms with Crippen molar-refractivity contribution in [2.45, 2.75) is 18.7 Å². The van der Waals surface area contributed by atoms with E-state index < -0.39 is 9.84 Å². The smallest absolute Gasteiger partial charge is 0.243 e. The van der Waals surface area contributed by atoms with Crippen molar-refractivity contribution in [2.24, 2.45) is 0 Å². The highest BCUT2D eigenvalue weighted by Crippen LogP contribution is 2.19. The molecular formula is C17H20N2O3S. The molecule has 1 amide bonds.